The molecule has 0 aromatic carbocycles. The Kier molecular flexibility index (Phi) is 3.86. The molecule has 0 bridgehead atoms. The summed E-state index contributed by atoms with van der Waals surface area (Å²) in [7, 11) is -3.62. The highest BCUT2D eigenvalue weighted by atomic mass is 32.2. The molecule has 1 aromatic rings. The molecule has 19 heavy (non-hydrogen) atoms. The van der Waals surface area contributed by atoms with Crippen molar-refractivity contribution < 1.29 is 18.3 Å². The number of aromatic carboxylic acids is 1. The van der Waals surface area contributed by atoms with E-state index < -0.39 is 16.0 Å². The van der Waals surface area contributed by atoms with Crippen LogP contribution in [0.1, 0.15) is 36.5 Å². The summed E-state index contributed by atoms with van der Waals surface area (Å²) in [6, 6.07) is 2.47. The van der Waals surface area contributed by atoms with Crippen LogP contribution in [0.5, 0.6) is 0 Å². The number of piperidine rings is 1. The lowest BCUT2D eigenvalue weighted by Gasteiger charge is -2.31. The minimum Gasteiger partial charge on any atom is -0.478 e. The summed E-state index contributed by atoms with van der Waals surface area (Å²) in [6.07, 6.45) is 3.78. The van der Waals surface area contributed by atoms with E-state index in [0.29, 0.717) is 6.54 Å². The maximum Gasteiger partial charge on any atom is 0.337 e. The molecule has 0 radical (unpaired) electrons. The molecule has 1 atom stereocenters. The zero-order valence-corrected chi connectivity index (χ0v) is 11.4. The van der Waals surface area contributed by atoms with Crippen LogP contribution in [0.4, 0.5) is 0 Å². The molecule has 0 amide bonds. The molecular weight excluding hydrogens is 268 g/mol. The highest BCUT2D eigenvalue weighted by Gasteiger charge is 2.31. The Morgan fingerprint density at radius 3 is 2.68 bits per heavy atom. The summed E-state index contributed by atoms with van der Waals surface area (Å²) < 4.78 is 26.2. The number of nitrogens with zero attached hydrogens (tertiary/aromatic N) is 2. The number of hydrogen-bond donors (Lipinski definition) is 1. The molecule has 1 N–H and O–H groups in total. The van der Waals surface area contributed by atoms with Gasteiger partial charge in [0, 0.05) is 18.8 Å². The van der Waals surface area contributed by atoms with Gasteiger partial charge in [0.2, 0.25) is 0 Å². The van der Waals surface area contributed by atoms with E-state index in [-0.39, 0.29) is 16.6 Å². The van der Waals surface area contributed by atoms with E-state index >= 15 is 0 Å². The molecule has 0 saturated carbocycles. The molecule has 1 aromatic heterocycles. The first-order valence-electron chi connectivity index (χ1n) is 6.14. The fraction of sp³-hybridized carbons (Fsp3) is 0.500. The van der Waals surface area contributed by atoms with Gasteiger partial charge < -0.3 is 5.11 Å². The summed E-state index contributed by atoms with van der Waals surface area (Å²) in [6.45, 7) is 2.37. The summed E-state index contributed by atoms with van der Waals surface area (Å²) in [5.74, 6) is -1.12. The van der Waals surface area contributed by atoms with Crippen LogP contribution in [0, 0.1) is 0 Å². The van der Waals surface area contributed by atoms with Crippen LogP contribution in [-0.4, -0.2) is 41.4 Å². The van der Waals surface area contributed by atoms with Crippen LogP contribution in [0.25, 0.3) is 0 Å². The number of carboxylic acids is 1. The highest BCUT2D eigenvalue weighted by molar-refractivity contribution is 7.89. The number of rotatable bonds is 3. The quantitative estimate of drug-likeness (QED) is 0.905. The minimum atomic E-state index is -3.62. The number of hydrogen-bond acceptors (Lipinski definition) is 4. The number of aromatic nitrogens is 1. The van der Waals surface area contributed by atoms with Crippen molar-refractivity contribution in [3.05, 3.63) is 23.9 Å². The lowest BCUT2D eigenvalue weighted by atomic mass is 10.1. The van der Waals surface area contributed by atoms with Crippen molar-refractivity contribution >= 4 is 16.0 Å². The van der Waals surface area contributed by atoms with Gasteiger partial charge in [0.15, 0.2) is 5.03 Å². The molecule has 1 aliphatic heterocycles. The van der Waals surface area contributed by atoms with Crippen LogP contribution in [-0.2, 0) is 10.0 Å². The molecule has 6 nitrogen and oxygen atoms in total. The highest BCUT2D eigenvalue weighted by Crippen LogP contribution is 2.23. The molecule has 1 unspecified atom stereocenters. The lowest BCUT2D eigenvalue weighted by Crippen LogP contribution is -2.42. The maximum absolute atomic E-state index is 12.4. The fourth-order valence-electron chi connectivity index (χ4n) is 2.21. The van der Waals surface area contributed by atoms with Crippen molar-refractivity contribution in [3.8, 4) is 0 Å². The Hall–Kier alpha value is -1.47. The molecule has 7 heteroatoms. The van der Waals surface area contributed by atoms with Gasteiger partial charge in [0.05, 0.1) is 5.56 Å². The molecule has 104 valence electrons. The third kappa shape index (κ3) is 2.76. The van der Waals surface area contributed by atoms with Crippen molar-refractivity contribution in [3.63, 3.8) is 0 Å². The minimum absolute atomic E-state index is 0.0226. The molecule has 0 aliphatic carbocycles. The van der Waals surface area contributed by atoms with Gasteiger partial charge in [-0.1, -0.05) is 6.42 Å². The van der Waals surface area contributed by atoms with Gasteiger partial charge in [-0.25, -0.2) is 18.2 Å². The second kappa shape index (κ2) is 5.26. The Labute approximate surface area is 112 Å². The van der Waals surface area contributed by atoms with Gasteiger partial charge in [0.25, 0.3) is 10.0 Å². The summed E-state index contributed by atoms with van der Waals surface area (Å²) in [4.78, 5) is 14.5. The summed E-state index contributed by atoms with van der Waals surface area (Å²) >= 11 is 0. The normalized spacial score (nSPS) is 21.2. The van der Waals surface area contributed by atoms with E-state index in [4.69, 9.17) is 5.11 Å². The molecule has 2 heterocycles. The third-order valence-corrected chi connectivity index (χ3v) is 5.23. The number of pyridine rings is 1. The lowest BCUT2D eigenvalue weighted by molar-refractivity contribution is 0.0696. The van der Waals surface area contributed by atoms with E-state index in [0.717, 1.165) is 25.5 Å². The predicted molar refractivity (Wildman–Crippen MR) is 68.4 cm³/mol. The first kappa shape index (κ1) is 14.0. The second-order valence-corrected chi connectivity index (χ2v) is 6.49. The maximum atomic E-state index is 12.4. The first-order valence-corrected chi connectivity index (χ1v) is 7.58. The Bertz CT molecular complexity index is 568. The van der Waals surface area contributed by atoms with Crippen LogP contribution in [0.3, 0.4) is 0 Å². The summed E-state index contributed by atoms with van der Waals surface area (Å²) in [5.41, 5.74) is -0.0226. The van der Waals surface area contributed by atoms with Crippen molar-refractivity contribution in [2.75, 3.05) is 6.54 Å². The monoisotopic (exact) mass is 284 g/mol. The van der Waals surface area contributed by atoms with Crippen LogP contribution in [0.2, 0.25) is 0 Å². The van der Waals surface area contributed by atoms with Gasteiger partial charge in [0.1, 0.15) is 0 Å². The van der Waals surface area contributed by atoms with Gasteiger partial charge in [-0.2, -0.15) is 4.31 Å². The van der Waals surface area contributed by atoms with Crippen molar-refractivity contribution in [1.29, 1.82) is 0 Å². The molecule has 1 fully saturated rings. The molecular formula is C12H16N2O4S. The predicted octanol–water partition coefficient (Wildman–Crippen LogP) is 1.34. The second-order valence-electron chi connectivity index (χ2n) is 4.65. The molecule has 2 rings (SSSR count). The van der Waals surface area contributed by atoms with Crippen LogP contribution < -0.4 is 0 Å². The SMILES string of the molecule is CC1CCCCN1S(=O)(=O)c1ccc(C(=O)O)cn1. The first-order chi connectivity index (χ1) is 8.93. The van der Waals surface area contributed by atoms with Gasteiger partial charge in [-0.3, -0.25) is 0 Å². The smallest absolute Gasteiger partial charge is 0.337 e. The van der Waals surface area contributed by atoms with E-state index in [1.165, 1.54) is 16.4 Å². The topological polar surface area (TPSA) is 87.6 Å². The molecule has 1 aliphatic rings. The fourth-order valence-corrected chi connectivity index (χ4v) is 3.82. The van der Waals surface area contributed by atoms with E-state index in [9.17, 15) is 13.2 Å². The third-order valence-electron chi connectivity index (χ3n) is 3.30. The largest absolute Gasteiger partial charge is 0.478 e. The van der Waals surface area contributed by atoms with E-state index in [1.54, 1.807) is 0 Å². The zero-order valence-electron chi connectivity index (χ0n) is 10.6. The van der Waals surface area contributed by atoms with Crippen LogP contribution in [0.15, 0.2) is 23.4 Å². The average molecular weight is 284 g/mol. The average Bonchev–Trinajstić information content (AvgIpc) is 2.39. The van der Waals surface area contributed by atoms with Gasteiger partial charge >= 0.3 is 5.97 Å². The Balaban J connectivity index is 2.30. The standard InChI is InChI=1S/C12H16N2O4S/c1-9-4-2-3-7-14(9)19(17,18)11-6-5-10(8-13-11)12(15)16/h5-6,8-9H,2-4,7H2,1H3,(H,15,16). The molecule has 0 spiro atoms. The number of carbonyl (C=O) groups is 1. The van der Waals surface area contributed by atoms with E-state index in [2.05, 4.69) is 4.98 Å². The van der Waals surface area contributed by atoms with Crippen molar-refractivity contribution in [2.24, 2.45) is 0 Å². The van der Waals surface area contributed by atoms with Gasteiger partial charge in [-0.15, -0.1) is 0 Å². The number of sulfonamides is 1. The zero-order chi connectivity index (χ0) is 14.0. The molecule has 1 saturated heterocycles. The van der Waals surface area contributed by atoms with E-state index in [1.807, 2.05) is 6.92 Å². The Morgan fingerprint density at radius 2 is 2.16 bits per heavy atom. The van der Waals surface area contributed by atoms with Gasteiger partial charge in [-0.05, 0) is 31.9 Å². The van der Waals surface area contributed by atoms with Crippen LogP contribution >= 0.6 is 0 Å². The summed E-state index contributed by atoms with van der Waals surface area (Å²) in [5, 5.41) is 8.68. The number of carboxylic acid groups (broad SMARTS) is 1. The van der Waals surface area contributed by atoms with Crippen molar-refractivity contribution in [1.82, 2.24) is 9.29 Å². The Morgan fingerprint density at radius 1 is 1.42 bits per heavy atom. The van der Waals surface area contributed by atoms with Crippen molar-refractivity contribution in [2.45, 2.75) is 37.3 Å².